The van der Waals surface area contributed by atoms with Crippen molar-refractivity contribution in [2.24, 2.45) is 17.3 Å². The number of aliphatic carboxylic acids is 1. The summed E-state index contributed by atoms with van der Waals surface area (Å²) >= 11 is 0. The number of fused-ring (bicyclic) bond motifs is 1. The minimum Gasteiger partial charge on any atom is -0.478 e. The Labute approximate surface area is 92.7 Å². The van der Waals surface area contributed by atoms with Crippen LogP contribution in [0.1, 0.15) is 13.8 Å². The second-order valence-electron chi connectivity index (χ2n) is 4.95. The molecule has 0 spiro atoms. The molecule has 5 heteroatoms. The average molecular weight is 223 g/mol. The summed E-state index contributed by atoms with van der Waals surface area (Å²) in [5.41, 5.74) is -0.393. The minimum absolute atomic E-state index is 0.138. The minimum atomic E-state index is -1.18. The first kappa shape index (κ1) is 10.9. The van der Waals surface area contributed by atoms with Gasteiger partial charge in [0.25, 0.3) is 0 Å². The Bertz CT molecular complexity index is 400. The highest BCUT2D eigenvalue weighted by Crippen LogP contribution is 2.63. The largest absolute Gasteiger partial charge is 0.478 e. The number of amides is 2. The number of carbonyl (C=O) groups is 3. The van der Waals surface area contributed by atoms with Gasteiger partial charge in [-0.3, -0.25) is 14.5 Å². The predicted molar refractivity (Wildman–Crippen MR) is 54.3 cm³/mol. The van der Waals surface area contributed by atoms with E-state index >= 15 is 0 Å². The highest BCUT2D eigenvalue weighted by Gasteiger charge is 2.72. The molecule has 86 valence electrons. The fourth-order valence-corrected chi connectivity index (χ4v) is 2.42. The van der Waals surface area contributed by atoms with E-state index in [4.69, 9.17) is 5.11 Å². The zero-order valence-corrected chi connectivity index (χ0v) is 9.19. The summed E-state index contributed by atoms with van der Waals surface area (Å²) in [4.78, 5) is 35.2. The highest BCUT2D eigenvalue weighted by atomic mass is 16.4. The number of likely N-dealkylation sites (tertiary alicyclic amines) is 1. The molecule has 0 aromatic rings. The molecule has 0 radical (unpaired) electrons. The van der Waals surface area contributed by atoms with Gasteiger partial charge in [0.1, 0.15) is 0 Å². The lowest BCUT2D eigenvalue weighted by atomic mass is 10.1. The third-order valence-corrected chi connectivity index (χ3v) is 3.54. The molecule has 2 fully saturated rings. The van der Waals surface area contributed by atoms with Crippen LogP contribution < -0.4 is 0 Å². The molecule has 1 aliphatic heterocycles. The summed E-state index contributed by atoms with van der Waals surface area (Å²) in [6, 6.07) is 0. The van der Waals surface area contributed by atoms with Gasteiger partial charge in [0.05, 0.1) is 18.4 Å². The monoisotopic (exact) mass is 223 g/mol. The standard InChI is InChI=1S/C11H13NO4/c1-5(10(15)16)4-12-8(13)6-7(9(12)14)11(6,2)3/h6-7H,1,4H2,2-3H3,(H,15,16). The number of nitrogens with zero attached hydrogens (tertiary/aromatic N) is 1. The molecular formula is C11H13NO4. The molecule has 1 aliphatic carbocycles. The van der Waals surface area contributed by atoms with Crippen LogP contribution >= 0.6 is 0 Å². The molecule has 2 amide bonds. The Morgan fingerprint density at radius 3 is 2.19 bits per heavy atom. The van der Waals surface area contributed by atoms with Crippen molar-refractivity contribution >= 4 is 17.8 Å². The number of carboxylic acid groups (broad SMARTS) is 1. The summed E-state index contributed by atoms with van der Waals surface area (Å²) in [6.07, 6.45) is 0. The van der Waals surface area contributed by atoms with Gasteiger partial charge in [-0.05, 0) is 5.41 Å². The van der Waals surface area contributed by atoms with Crippen LogP contribution in [-0.2, 0) is 14.4 Å². The van der Waals surface area contributed by atoms with Crippen LogP contribution in [0.25, 0.3) is 0 Å². The molecule has 16 heavy (non-hydrogen) atoms. The molecule has 0 bridgehead atoms. The fraction of sp³-hybridized carbons (Fsp3) is 0.545. The zero-order valence-electron chi connectivity index (χ0n) is 9.19. The number of hydrogen-bond donors (Lipinski definition) is 1. The Kier molecular flexibility index (Phi) is 1.99. The van der Waals surface area contributed by atoms with Crippen molar-refractivity contribution in [2.75, 3.05) is 6.54 Å². The summed E-state index contributed by atoms with van der Waals surface area (Å²) in [5.74, 6) is -2.23. The first-order chi connectivity index (χ1) is 7.28. The summed E-state index contributed by atoms with van der Waals surface area (Å²) in [7, 11) is 0. The van der Waals surface area contributed by atoms with E-state index in [1.165, 1.54) is 0 Å². The van der Waals surface area contributed by atoms with Gasteiger partial charge in [0, 0.05) is 5.57 Å². The molecule has 0 aromatic heterocycles. The van der Waals surface area contributed by atoms with E-state index in [1.807, 2.05) is 13.8 Å². The van der Waals surface area contributed by atoms with Crippen LogP contribution in [0.4, 0.5) is 0 Å². The maximum Gasteiger partial charge on any atom is 0.332 e. The van der Waals surface area contributed by atoms with Crippen molar-refractivity contribution in [3.63, 3.8) is 0 Å². The van der Waals surface area contributed by atoms with Gasteiger partial charge in [-0.2, -0.15) is 0 Å². The summed E-state index contributed by atoms with van der Waals surface area (Å²) < 4.78 is 0. The quantitative estimate of drug-likeness (QED) is 0.550. The summed E-state index contributed by atoms with van der Waals surface area (Å²) in [5, 5.41) is 8.65. The van der Waals surface area contributed by atoms with E-state index in [-0.39, 0.29) is 41.2 Å². The van der Waals surface area contributed by atoms with Crippen LogP contribution in [0.3, 0.4) is 0 Å². The second kappa shape index (κ2) is 2.93. The lowest BCUT2D eigenvalue weighted by Gasteiger charge is -2.20. The fourth-order valence-electron chi connectivity index (χ4n) is 2.42. The van der Waals surface area contributed by atoms with E-state index < -0.39 is 5.97 Å². The van der Waals surface area contributed by atoms with Gasteiger partial charge in [0.2, 0.25) is 11.8 Å². The molecule has 2 atom stereocenters. The van der Waals surface area contributed by atoms with Crippen molar-refractivity contribution in [1.82, 2.24) is 4.90 Å². The number of rotatable bonds is 3. The molecule has 1 heterocycles. The van der Waals surface area contributed by atoms with E-state index in [0.29, 0.717) is 0 Å². The third kappa shape index (κ3) is 1.20. The molecular weight excluding hydrogens is 210 g/mol. The van der Waals surface area contributed by atoms with E-state index in [0.717, 1.165) is 4.90 Å². The van der Waals surface area contributed by atoms with Crippen LogP contribution in [0.15, 0.2) is 12.2 Å². The average Bonchev–Trinajstić information content (AvgIpc) is 2.64. The van der Waals surface area contributed by atoms with Gasteiger partial charge in [-0.15, -0.1) is 0 Å². The highest BCUT2D eigenvalue weighted by molar-refractivity contribution is 6.11. The number of carbonyl (C=O) groups excluding carboxylic acids is 2. The van der Waals surface area contributed by atoms with Gasteiger partial charge < -0.3 is 5.11 Å². The molecule has 2 aliphatic rings. The predicted octanol–water partition coefficient (Wildman–Crippen LogP) is 0.268. The maximum absolute atomic E-state index is 11.8. The molecule has 5 nitrogen and oxygen atoms in total. The topological polar surface area (TPSA) is 74.7 Å². The van der Waals surface area contributed by atoms with E-state index in [9.17, 15) is 14.4 Å². The maximum atomic E-state index is 11.8. The zero-order chi connectivity index (χ0) is 12.2. The van der Waals surface area contributed by atoms with Crippen LogP contribution in [0.5, 0.6) is 0 Å². The van der Waals surface area contributed by atoms with Crippen LogP contribution in [0.2, 0.25) is 0 Å². The molecule has 1 N–H and O–H groups in total. The van der Waals surface area contributed by atoms with Crippen molar-refractivity contribution < 1.29 is 19.5 Å². The van der Waals surface area contributed by atoms with Crippen molar-refractivity contribution in [3.8, 4) is 0 Å². The molecule has 0 aromatic carbocycles. The lowest BCUT2D eigenvalue weighted by Crippen LogP contribution is -2.38. The molecule has 1 saturated heterocycles. The number of hydrogen-bond acceptors (Lipinski definition) is 3. The van der Waals surface area contributed by atoms with Gasteiger partial charge in [0.15, 0.2) is 0 Å². The lowest BCUT2D eigenvalue weighted by molar-refractivity contribution is -0.142. The van der Waals surface area contributed by atoms with Crippen molar-refractivity contribution in [3.05, 3.63) is 12.2 Å². The SMILES string of the molecule is C=C(CN1C(=O)C2C(C1=O)C2(C)C)C(=O)O. The van der Waals surface area contributed by atoms with Gasteiger partial charge >= 0.3 is 5.97 Å². The molecule has 2 unspecified atom stereocenters. The Morgan fingerprint density at radius 1 is 1.38 bits per heavy atom. The van der Waals surface area contributed by atoms with Crippen molar-refractivity contribution in [1.29, 1.82) is 0 Å². The Morgan fingerprint density at radius 2 is 1.81 bits per heavy atom. The number of imide groups is 1. The first-order valence-corrected chi connectivity index (χ1v) is 5.04. The first-order valence-electron chi connectivity index (χ1n) is 5.04. The van der Waals surface area contributed by atoms with Crippen molar-refractivity contribution in [2.45, 2.75) is 13.8 Å². The molecule has 2 rings (SSSR count). The van der Waals surface area contributed by atoms with E-state index in [1.54, 1.807) is 0 Å². The Hall–Kier alpha value is -1.65. The Balaban J connectivity index is 2.12. The summed E-state index contributed by atoms with van der Waals surface area (Å²) in [6.45, 7) is 6.87. The van der Waals surface area contributed by atoms with Crippen LogP contribution in [-0.4, -0.2) is 34.3 Å². The number of piperidine rings is 1. The van der Waals surface area contributed by atoms with Gasteiger partial charge in [-0.1, -0.05) is 20.4 Å². The number of carboxylic acids is 1. The molecule has 1 saturated carbocycles. The third-order valence-electron chi connectivity index (χ3n) is 3.54. The second-order valence-corrected chi connectivity index (χ2v) is 4.95. The smallest absolute Gasteiger partial charge is 0.332 e. The van der Waals surface area contributed by atoms with Gasteiger partial charge in [-0.25, -0.2) is 4.79 Å². The normalized spacial score (nSPS) is 30.2. The van der Waals surface area contributed by atoms with Crippen LogP contribution in [0, 0.1) is 17.3 Å². The van der Waals surface area contributed by atoms with E-state index in [2.05, 4.69) is 6.58 Å².